The van der Waals surface area contributed by atoms with Crippen LogP contribution in [-0.4, -0.2) is 16.5 Å². The number of ether oxygens (including phenoxy) is 1. The summed E-state index contributed by atoms with van der Waals surface area (Å²) in [4.78, 5) is 0.920. The van der Waals surface area contributed by atoms with Gasteiger partial charge in [-0.2, -0.15) is 23.4 Å². The van der Waals surface area contributed by atoms with Crippen molar-refractivity contribution < 1.29 is 17.9 Å². The second kappa shape index (κ2) is 6.49. The molecule has 3 aromatic rings. The number of hydrogen-bond acceptors (Lipinski definition) is 4. The van der Waals surface area contributed by atoms with E-state index >= 15 is 0 Å². The van der Waals surface area contributed by atoms with Crippen LogP contribution in [-0.2, 0) is 6.18 Å². The molecule has 0 spiro atoms. The third-order valence-electron chi connectivity index (χ3n) is 3.28. The van der Waals surface area contributed by atoms with Gasteiger partial charge in [-0.3, -0.25) is 0 Å². The highest BCUT2D eigenvalue weighted by molar-refractivity contribution is 7.98. The van der Waals surface area contributed by atoms with Gasteiger partial charge in [0.2, 0.25) is 0 Å². The van der Waals surface area contributed by atoms with E-state index in [0.29, 0.717) is 11.3 Å². The van der Waals surface area contributed by atoms with Crippen LogP contribution in [0.1, 0.15) is 5.56 Å². The largest absolute Gasteiger partial charge is 0.456 e. The zero-order valence-electron chi connectivity index (χ0n) is 12.3. The van der Waals surface area contributed by atoms with Crippen molar-refractivity contribution in [2.75, 3.05) is 6.26 Å². The van der Waals surface area contributed by atoms with Gasteiger partial charge in [0.25, 0.3) is 0 Å². The Morgan fingerprint density at radius 1 is 1.12 bits per heavy atom. The minimum atomic E-state index is -4.45. The number of hydrogen-bond donors (Lipinski definition) is 0. The van der Waals surface area contributed by atoms with Gasteiger partial charge in [0.15, 0.2) is 0 Å². The van der Waals surface area contributed by atoms with Crippen molar-refractivity contribution in [1.29, 1.82) is 0 Å². The maximum Gasteiger partial charge on any atom is 0.416 e. The molecule has 0 fully saturated rings. The van der Waals surface area contributed by atoms with E-state index in [4.69, 9.17) is 16.3 Å². The minimum Gasteiger partial charge on any atom is -0.456 e. The van der Waals surface area contributed by atoms with Gasteiger partial charge < -0.3 is 4.74 Å². The molecule has 0 aliphatic rings. The first-order valence-corrected chi connectivity index (χ1v) is 8.33. The molecule has 0 aliphatic carbocycles. The van der Waals surface area contributed by atoms with E-state index in [0.717, 1.165) is 22.4 Å². The summed E-state index contributed by atoms with van der Waals surface area (Å²) in [6, 6.07) is 8.13. The van der Waals surface area contributed by atoms with E-state index < -0.39 is 11.7 Å². The molecule has 0 unspecified atom stereocenters. The van der Waals surface area contributed by atoms with Gasteiger partial charge in [-0.25, -0.2) is 0 Å². The molecule has 0 radical (unpaired) electrons. The number of alkyl halides is 3. The number of halogens is 4. The Balaban J connectivity index is 1.95. The Bertz CT molecular complexity index is 902. The fourth-order valence-electron chi connectivity index (χ4n) is 2.13. The predicted octanol–water partition coefficient (Wildman–Crippen LogP) is 5.82. The lowest BCUT2D eigenvalue weighted by molar-refractivity contribution is -0.137. The highest BCUT2D eigenvalue weighted by atomic mass is 35.5. The molecule has 1 heterocycles. The maximum atomic E-state index is 12.7. The summed E-state index contributed by atoms with van der Waals surface area (Å²) < 4.78 is 43.6. The van der Waals surface area contributed by atoms with Crippen molar-refractivity contribution in [2.45, 2.75) is 11.1 Å². The summed E-state index contributed by atoms with van der Waals surface area (Å²) in [5.41, 5.74) is -0.119. The number of fused-ring (bicyclic) bond motifs is 1. The second-order valence-corrected chi connectivity index (χ2v) is 6.09. The number of rotatable bonds is 3. The van der Waals surface area contributed by atoms with Crippen LogP contribution < -0.4 is 4.74 Å². The first-order chi connectivity index (χ1) is 11.4. The van der Waals surface area contributed by atoms with Gasteiger partial charge in [-0.1, -0.05) is 11.6 Å². The molecule has 3 rings (SSSR count). The van der Waals surface area contributed by atoms with Gasteiger partial charge in [0.1, 0.15) is 11.5 Å². The Labute approximate surface area is 144 Å². The van der Waals surface area contributed by atoms with Crippen LogP contribution in [0.25, 0.3) is 10.9 Å². The van der Waals surface area contributed by atoms with Crippen LogP contribution in [0.3, 0.4) is 0 Å². The molecule has 0 saturated carbocycles. The van der Waals surface area contributed by atoms with E-state index in [-0.39, 0.29) is 10.8 Å². The van der Waals surface area contributed by atoms with Crippen LogP contribution >= 0.6 is 23.4 Å². The predicted molar refractivity (Wildman–Crippen MR) is 87.8 cm³/mol. The molecule has 124 valence electrons. The van der Waals surface area contributed by atoms with Gasteiger partial charge in [0.05, 0.1) is 22.3 Å². The van der Waals surface area contributed by atoms with Crippen molar-refractivity contribution in [2.24, 2.45) is 0 Å². The fraction of sp³-hybridized carbons (Fsp3) is 0.125. The lowest BCUT2D eigenvalue weighted by atomic mass is 10.2. The zero-order chi connectivity index (χ0) is 17.3. The summed E-state index contributed by atoms with van der Waals surface area (Å²) in [5.74, 6) is 0.601. The normalized spacial score (nSPS) is 11.7. The molecule has 0 bridgehead atoms. The minimum absolute atomic E-state index is 0.108. The molecule has 0 saturated heterocycles. The Morgan fingerprint density at radius 3 is 2.58 bits per heavy atom. The van der Waals surface area contributed by atoms with E-state index in [9.17, 15) is 13.2 Å². The van der Waals surface area contributed by atoms with Gasteiger partial charge in [-0.05, 0) is 42.7 Å². The molecule has 0 aliphatic heterocycles. The molecule has 8 heteroatoms. The molecule has 24 heavy (non-hydrogen) atoms. The topological polar surface area (TPSA) is 35.0 Å². The second-order valence-electron chi connectivity index (χ2n) is 4.84. The first kappa shape index (κ1) is 16.9. The third-order valence-corrected chi connectivity index (χ3v) is 4.34. The highest BCUT2D eigenvalue weighted by Gasteiger charge is 2.31. The SMILES string of the molecule is CSc1cnnc2ccc(Oc3ccc(C(F)(F)F)cc3Cl)cc12. The van der Waals surface area contributed by atoms with Crippen molar-refractivity contribution in [1.82, 2.24) is 10.2 Å². The van der Waals surface area contributed by atoms with Crippen LogP contribution in [0.2, 0.25) is 5.02 Å². The summed E-state index contributed by atoms with van der Waals surface area (Å²) >= 11 is 7.42. The van der Waals surface area contributed by atoms with E-state index in [1.165, 1.54) is 17.8 Å². The van der Waals surface area contributed by atoms with Gasteiger partial charge in [0, 0.05) is 10.3 Å². The molecule has 2 aromatic carbocycles. The van der Waals surface area contributed by atoms with Crippen molar-refractivity contribution in [3.8, 4) is 11.5 Å². The Hall–Kier alpha value is -1.99. The smallest absolute Gasteiger partial charge is 0.416 e. The molecule has 0 N–H and O–H groups in total. The van der Waals surface area contributed by atoms with E-state index in [1.54, 1.807) is 24.4 Å². The number of aromatic nitrogens is 2. The molecule has 0 amide bonds. The lowest BCUT2D eigenvalue weighted by Crippen LogP contribution is -2.04. The van der Waals surface area contributed by atoms with Crippen molar-refractivity contribution in [3.05, 3.63) is 53.2 Å². The van der Waals surface area contributed by atoms with Gasteiger partial charge in [-0.15, -0.1) is 11.8 Å². The summed E-state index contributed by atoms with van der Waals surface area (Å²) in [7, 11) is 0. The molecular weight excluding hydrogens is 361 g/mol. The summed E-state index contributed by atoms with van der Waals surface area (Å²) in [6.07, 6.45) is -0.893. The average molecular weight is 371 g/mol. The zero-order valence-corrected chi connectivity index (χ0v) is 13.8. The monoisotopic (exact) mass is 370 g/mol. The standard InChI is InChI=1S/C16H10ClF3N2OS/c1-24-15-8-21-22-13-4-3-10(7-11(13)15)23-14-5-2-9(6-12(14)17)16(18,19)20/h2-8H,1H3. The van der Waals surface area contributed by atoms with Crippen molar-refractivity contribution >= 4 is 34.3 Å². The molecule has 0 atom stereocenters. The van der Waals surface area contributed by atoms with E-state index in [2.05, 4.69) is 10.2 Å². The van der Waals surface area contributed by atoms with Gasteiger partial charge >= 0.3 is 6.18 Å². The Kier molecular flexibility index (Phi) is 4.56. The fourth-order valence-corrected chi connectivity index (χ4v) is 2.88. The first-order valence-electron chi connectivity index (χ1n) is 6.72. The maximum absolute atomic E-state index is 12.7. The van der Waals surface area contributed by atoms with E-state index in [1.807, 2.05) is 6.26 Å². The third kappa shape index (κ3) is 3.42. The molecular formula is C16H10ClF3N2OS. The average Bonchev–Trinajstić information content (AvgIpc) is 2.55. The number of thioether (sulfide) groups is 1. The molecule has 1 aromatic heterocycles. The summed E-state index contributed by atoms with van der Waals surface area (Å²) in [6.45, 7) is 0. The number of nitrogens with zero attached hydrogens (tertiary/aromatic N) is 2. The van der Waals surface area contributed by atoms with Crippen LogP contribution in [0, 0.1) is 0 Å². The summed E-state index contributed by atoms with van der Waals surface area (Å²) in [5, 5.41) is 8.67. The van der Waals surface area contributed by atoms with Crippen molar-refractivity contribution in [3.63, 3.8) is 0 Å². The lowest BCUT2D eigenvalue weighted by Gasteiger charge is -2.12. The Morgan fingerprint density at radius 2 is 1.92 bits per heavy atom. The highest BCUT2D eigenvalue weighted by Crippen LogP contribution is 2.37. The van der Waals surface area contributed by atoms with Crippen LogP contribution in [0.5, 0.6) is 11.5 Å². The number of benzene rings is 2. The van der Waals surface area contributed by atoms with Crippen LogP contribution in [0.15, 0.2) is 47.5 Å². The van der Waals surface area contributed by atoms with Crippen LogP contribution in [0.4, 0.5) is 13.2 Å². The quantitative estimate of drug-likeness (QED) is 0.544. The molecule has 3 nitrogen and oxygen atoms in total.